The number of methoxy groups -OCH3 is 1. The highest BCUT2D eigenvalue weighted by Gasteiger charge is 2.14. The van der Waals surface area contributed by atoms with Crippen LogP contribution in [0.3, 0.4) is 0 Å². The van der Waals surface area contributed by atoms with Crippen molar-refractivity contribution < 1.29 is 9.53 Å². The highest BCUT2D eigenvalue weighted by atomic mass is 16.5. The van der Waals surface area contributed by atoms with Crippen LogP contribution in [-0.4, -0.2) is 36.1 Å². The van der Waals surface area contributed by atoms with Gasteiger partial charge in [-0.05, 0) is 19.3 Å². The summed E-state index contributed by atoms with van der Waals surface area (Å²) in [6.45, 7) is 2.00. The van der Waals surface area contributed by atoms with Crippen LogP contribution in [0.25, 0.3) is 0 Å². The predicted molar refractivity (Wildman–Crippen MR) is 59.4 cm³/mol. The number of hydrogen-bond acceptors (Lipinski definition) is 5. The molecule has 0 atom stereocenters. The van der Waals surface area contributed by atoms with Gasteiger partial charge in [-0.1, -0.05) is 0 Å². The first kappa shape index (κ1) is 10.9. The van der Waals surface area contributed by atoms with E-state index in [9.17, 15) is 4.79 Å². The lowest BCUT2D eigenvalue weighted by molar-refractivity contribution is 0.0600. The molecular formula is C11H15N3O2. The summed E-state index contributed by atoms with van der Waals surface area (Å²) in [6, 6.07) is 0. The number of ether oxygens (including phenoxy) is 1. The van der Waals surface area contributed by atoms with Crippen LogP contribution in [0.1, 0.15) is 29.6 Å². The van der Waals surface area contributed by atoms with Gasteiger partial charge < -0.3 is 9.64 Å². The van der Waals surface area contributed by atoms with Crippen molar-refractivity contribution in [1.82, 2.24) is 9.97 Å². The molecule has 1 aliphatic heterocycles. The Hall–Kier alpha value is -1.65. The minimum atomic E-state index is -0.398. The Morgan fingerprint density at radius 2 is 1.88 bits per heavy atom. The van der Waals surface area contributed by atoms with Gasteiger partial charge in [-0.3, -0.25) is 0 Å². The summed E-state index contributed by atoms with van der Waals surface area (Å²) in [5.41, 5.74) is 0.392. The number of anilines is 1. The molecule has 0 N–H and O–H groups in total. The van der Waals surface area contributed by atoms with Gasteiger partial charge in [0.05, 0.1) is 12.7 Å². The fourth-order valence-electron chi connectivity index (χ4n) is 1.80. The minimum absolute atomic E-state index is 0.392. The van der Waals surface area contributed by atoms with Crippen LogP contribution in [0.4, 0.5) is 5.95 Å². The third kappa shape index (κ3) is 2.29. The summed E-state index contributed by atoms with van der Waals surface area (Å²) in [6.07, 6.45) is 6.67. The molecule has 1 aliphatic rings. The first-order valence-corrected chi connectivity index (χ1v) is 5.46. The Bertz CT molecular complexity index is 358. The number of aromatic nitrogens is 2. The summed E-state index contributed by atoms with van der Waals surface area (Å²) in [7, 11) is 1.35. The molecule has 2 heterocycles. The lowest BCUT2D eigenvalue weighted by Gasteiger charge is -2.26. The zero-order valence-corrected chi connectivity index (χ0v) is 9.35. The molecule has 16 heavy (non-hydrogen) atoms. The summed E-state index contributed by atoms with van der Waals surface area (Å²) in [4.78, 5) is 21.7. The van der Waals surface area contributed by atoms with Crippen LogP contribution in [0, 0.1) is 0 Å². The maximum absolute atomic E-state index is 11.2. The van der Waals surface area contributed by atoms with Crippen LogP contribution in [0.2, 0.25) is 0 Å². The summed E-state index contributed by atoms with van der Waals surface area (Å²) in [5, 5.41) is 0. The smallest absolute Gasteiger partial charge is 0.341 e. The highest BCUT2D eigenvalue weighted by molar-refractivity contribution is 5.88. The van der Waals surface area contributed by atoms with Crippen LogP contribution < -0.4 is 4.90 Å². The van der Waals surface area contributed by atoms with Crippen LogP contribution in [0.5, 0.6) is 0 Å². The zero-order valence-electron chi connectivity index (χ0n) is 9.35. The molecule has 0 aromatic carbocycles. The molecule has 0 amide bonds. The number of nitrogens with zero attached hydrogens (tertiary/aromatic N) is 3. The lowest BCUT2D eigenvalue weighted by Crippen LogP contribution is -2.31. The van der Waals surface area contributed by atoms with Gasteiger partial charge in [-0.2, -0.15) is 0 Å². The summed E-state index contributed by atoms with van der Waals surface area (Å²) in [5.74, 6) is 0.303. The van der Waals surface area contributed by atoms with Crippen molar-refractivity contribution in [2.45, 2.75) is 19.3 Å². The summed E-state index contributed by atoms with van der Waals surface area (Å²) < 4.78 is 4.59. The molecule has 0 saturated carbocycles. The van der Waals surface area contributed by atoms with Gasteiger partial charge in [0.2, 0.25) is 5.95 Å². The first-order chi connectivity index (χ1) is 7.81. The Balaban J connectivity index is 2.09. The molecule has 1 aromatic rings. The van der Waals surface area contributed by atoms with E-state index in [4.69, 9.17) is 0 Å². The number of esters is 1. The summed E-state index contributed by atoms with van der Waals surface area (Å²) >= 11 is 0. The molecule has 1 fully saturated rings. The second kappa shape index (κ2) is 4.92. The van der Waals surface area contributed by atoms with Crippen molar-refractivity contribution in [2.24, 2.45) is 0 Å². The molecule has 5 heteroatoms. The van der Waals surface area contributed by atoms with E-state index in [0.29, 0.717) is 11.5 Å². The molecule has 0 radical (unpaired) electrons. The molecule has 2 rings (SSSR count). The van der Waals surface area contributed by atoms with Gasteiger partial charge in [0.15, 0.2) is 0 Å². The largest absolute Gasteiger partial charge is 0.465 e. The van der Waals surface area contributed by atoms with Gasteiger partial charge in [0.1, 0.15) is 0 Å². The Labute approximate surface area is 94.5 Å². The third-order valence-corrected chi connectivity index (χ3v) is 2.70. The monoisotopic (exact) mass is 221 g/mol. The Morgan fingerprint density at radius 3 is 2.44 bits per heavy atom. The second-order valence-corrected chi connectivity index (χ2v) is 3.81. The molecule has 0 spiro atoms. The Kier molecular flexibility index (Phi) is 3.34. The van der Waals surface area contributed by atoms with E-state index < -0.39 is 5.97 Å². The average molecular weight is 221 g/mol. The van der Waals surface area contributed by atoms with Gasteiger partial charge in [0.25, 0.3) is 0 Å². The molecule has 1 saturated heterocycles. The van der Waals surface area contributed by atoms with E-state index in [1.165, 1.54) is 38.8 Å². The number of piperidine rings is 1. The lowest BCUT2D eigenvalue weighted by atomic mass is 10.1. The van der Waals surface area contributed by atoms with E-state index in [0.717, 1.165) is 13.1 Å². The number of hydrogen-bond donors (Lipinski definition) is 0. The molecule has 86 valence electrons. The van der Waals surface area contributed by atoms with Crippen molar-refractivity contribution in [3.63, 3.8) is 0 Å². The fraction of sp³-hybridized carbons (Fsp3) is 0.545. The molecular weight excluding hydrogens is 206 g/mol. The molecule has 0 aliphatic carbocycles. The van der Waals surface area contributed by atoms with E-state index in [-0.39, 0.29) is 0 Å². The van der Waals surface area contributed by atoms with Crippen LogP contribution >= 0.6 is 0 Å². The molecule has 0 unspecified atom stereocenters. The van der Waals surface area contributed by atoms with E-state index in [1.807, 2.05) is 0 Å². The maximum Gasteiger partial charge on any atom is 0.341 e. The number of carbonyl (C=O) groups is 1. The standard InChI is InChI=1S/C11H15N3O2/c1-16-10(15)9-7-12-11(13-8-9)14-5-3-2-4-6-14/h7-8H,2-6H2,1H3. The normalized spacial score (nSPS) is 15.9. The van der Waals surface area contributed by atoms with Gasteiger partial charge >= 0.3 is 5.97 Å². The first-order valence-electron chi connectivity index (χ1n) is 5.46. The van der Waals surface area contributed by atoms with E-state index in [2.05, 4.69) is 19.6 Å². The van der Waals surface area contributed by atoms with Crippen molar-refractivity contribution >= 4 is 11.9 Å². The molecule has 5 nitrogen and oxygen atoms in total. The third-order valence-electron chi connectivity index (χ3n) is 2.70. The predicted octanol–water partition coefficient (Wildman–Crippen LogP) is 1.25. The zero-order chi connectivity index (χ0) is 11.4. The van der Waals surface area contributed by atoms with Gasteiger partial charge in [0, 0.05) is 25.5 Å². The maximum atomic E-state index is 11.2. The quantitative estimate of drug-likeness (QED) is 0.703. The van der Waals surface area contributed by atoms with E-state index in [1.54, 1.807) is 0 Å². The second-order valence-electron chi connectivity index (χ2n) is 3.81. The molecule has 0 bridgehead atoms. The highest BCUT2D eigenvalue weighted by Crippen LogP contribution is 2.14. The van der Waals surface area contributed by atoms with E-state index >= 15 is 0 Å². The number of carbonyl (C=O) groups excluding carboxylic acids is 1. The van der Waals surface area contributed by atoms with Crippen molar-refractivity contribution in [2.75, 3.05) is 25.1 Å². The average Bonchev–Trinajstić information content (AvgIpc) is 2.39. The Morgan fingerprint density at radius 1 is 1.25 bits per heavy atom. The SMILES string of the molecule is COC(=O)c1cnc(N2CCCCC2)nc1. The van der Waals surface area contributed by atoms with Crippen molar-refractivity contribution in [3.8, 4) is 0 Å². The van der Waals surface area contributed by atoms with Crippen molar-refractivity contribution in [3.05, 3.63) is 18.0 Å². The van der Waals surface area contributed by atoms with Crippen molar-refractivity contribution in [1.29, 1.82) is 0 Å². The molecule has 1 aromatic heterocycles. The van der Waals surface area contributed by atoms with Crippen LogP contribution in [0.15, 0.2) is 12.4 Å². The van der Waals surface area contributed by atoms with Gasteiger partial charge in [-0.25, -0.2) is 14.8 Å². The number of rotatable bonds is 2. The van der Waals surface area contributed by atoms with Crippen LogP contribution in [-0.2, 0) is 4.74 Å². The minimum Gasteiger partial charge on any atom is -0.465 e. The fourth-order valence-corrected chi connectivity index (χ4v) is 1.80. The van der Waals surface area contributed by atoms with Gasteiger partial charge in [-0.15, -0.1) is 0 Å². The topological polar surface area (TPSA) is 55.3 Å².